The molecule has 0 fully saturated rings. The van der Waals surface area contributed by atoms with Crippen LogP contribution in [0.25, 0.3) is 0 Å². The van der Waals surface area contributed by atoms with Crippen molar-refractivity contribution in [1.82, 2.24) is 5.32 Å². The third-order valence-corrected chi connectivity index (χ3v) is 3.82. The molecule has 7 heteroatoms. The van der Waals surface area contributed by atoms with Gasteiger partial charge in [0.2, 0.25) is 0 Å². The first-order valence-electron chi connectivity index (χ1n) is 8.94. The minimum absolute atomic E-state index is 0.0313. The number of benzene rings is 2. The molecule has 0 bridgehead atoms. The fourth-order valence-corrected chi connectivity index (χ4v) is 2.60. The zero-order valence-corrected chi connectivity index (χ0v) is 15.9. The summed E-state index contributed by atoms with van der Waals surface area (Å²) in [7, 11) is 0. The van der Waals surface area contributed by atoms with Gasteiger partial charge in [0.1, 0.15) is 12.4 Å². The Kier molecular flexibility index (Phi) is 7.95. The maximum atomic E-state index is 13.1. The Morgan fingerprint density at radius 1 is 1.07 bits per heavy atom. The lowest BCUT2D eigenvalue weighted by atomic mass is 10.0. The number of carboxylic acid groups (broad SMARTS) is 1. The van der Waals surface area contributed by atoms with Crippen molar-refractivity contribution >= 4 is 12.1 Å². The molecule has 0 radical (unpaired) electrons. The van der Waals surface area contributed by atoms with Crippen LogP contribution in [-0.4, -0.2) is 29.4 Å². The van der Waals surface area contributed by atoms with E-state index in [4.69, 9.17) is 9.47 Å². The lowest BCUT2D eigenvalue weighted by molar-refractivity contribution is -0.153. The molecular weight excluding hydrogens is 365 g/mol. The van der Waals surface area contributed by atoms with Crippen molar-refractivity contribution in [2.45, 2.75) is 45.6 Å². The summed E-state index contributed by atoms with van der Waals surface area (Å²) in [6.45, 7) is 3.76. The van der Waals surface area contributed by atoms with Gasteiger partial charge in [-0.2, -0.15) is 0 Å². The molecule has 0 aromatic heterocycles. The van der Waals surface area contributed by atoms with E-state index in [0.717, 1.165) is 11.1 Å². The Morgan fingerprint density at radius 2 is 1.75 bits per heavy atom. The maximum absolute atomic E-state index is 13.1. The highest BCUT2D eigenvalue weighted by Crippen LogP contribution is 2.12. The van der Waals surface area contributed by atoms with Crippen LogP contribution in [0.5, 0.6) is 0 Å². The fourth-order valence-electron chi connectivity index (χ4n) is 2.60. The van der Waals surface area contributed by atoms with Crippen molar-refractivity contribution in [2.75, 3.05) is 0 Å². The summed E-state index contributed by atoms with van der Waals surface area (Å²) in [5.41, 5.74) is 2.15. The molecule has 2 N–H and O–H groups in total. The number of amides is 1. The first-order valence-corrected chi connectivity index (χ1v) is 8.94. The van der Waals surface area contributed by atoms with Crippen LogP contribution in [0, 0.1) is 5.82 Å². The third-order valence-electron chi connectivity index (χ3n) is 3.82. The SMILES string of the molecule is CC(C)OC(Cc1cccc(CNC(=O)OCc2cccc(F)c2)c1)C(=O)O. The highest BCUT2D eigenvalue weighted by molar-refractivity contribution is 5.72. The number of aliphatic carboxylic acids is 1. The zero-order valence-electron chi connectivity index (χ0n) is 15.9. The van der Waals surface area contributed by atoms with Gasteiger partial charge in [0.25, 0.3) is 0 Å². The second-order valence-electron chi connectivity index (χ2n) is 6.60. The number of carbonyl (C=O) groups is 2. The van der Waals surface area contributed by atoms with Crippen molar-refractivity contribution in [2.24, 2.45) is 0 Å². The summed E-state index contributed by atoms with van der Waals surface area (Å²) in [5, 5.41) is 11.9. The number of hydrogen-bond donors (Lipinski definition) is 2. The molecule has 2 rings (SSSR count). The Morgan fingerprint density at radius 3 is 2.43 bits per heavy atom. The van der Waals surface area contributed by atoms with Crippen LogP contribution in [0.4, 0.5) is 9.18 Å². The number of halogens is 1. The van der Waals surface area contributed by atoms with E-state index in [1.165, 1.54) is 12.1 Å². The molecule has 0 saturated heterocycles. The highest BCUT2D eigenvalue weighted by Gasteiger charge is 2.20. The predicted octanol–water partition coefficient (Wildman–Crippen LogP) is 3.67. The van der Waals surface area contributed by atoms with Crippen LogP contribution in [0.15, 0.2) is 48.5 Å². The van der Waals surface area contributed by atoms with Gasteiger partial charge in [-0.3, -0.25) is 0 Å². The minimum Gasteiger partial charge on any atom is -0.479 e. The molecule has 2 aromatic rings. The van der Waals surface area contributed by atoms with Gasteiger partial charge in [-0.25, -0.2) is 14.0 Å². The summed E-state index contributed by atoms with van der Waals surface area (Å²) in [6.07, 6.45) is -1.52. The Balaban J connectivity index is 1.86. The Labute approximate surface area is 163 Å². The number of rotatable bonds is 9. The van der Waals surface area contributed by atoms with E-state index in [1.54, 1.807) is 32.0 Å². The fraction of sp³-hybridized carbons (Fsp3) is 0.333. The Bertz CT molecular complexity index is 809. The number of nitrogens with one attached hydrogen (secondary N) is 1. The summed E-state index contributed by atoms with van der Waals surface area (Å²) >= 11 is 0. The van der Waals surface area contributed by atoms with Crippen molar-refractivity contribution in [3.8, 4) is 0 Å². The van der Waals surface area contributed by atoms with Gasteiger partial charge < -0.3 is 19.9 Å². The largest absolute Gasteiger partial charge is 0.479 e. The van der Waals surface area contributed by atoms with E-state index < -0.39 is 18.2 Å². The van der Waals surface area contributed by atoms with Crippen LogP contribution < -0.4 is 5.32 Å². The van der Waals surface area contributed by atoms with Gasteiger partial charge in [-0.15, -0.1) is 0 Å². The molecule has 0 aliphatic rings. The van der Waals surface area contributed by atoms with Crippen molar-refractivity contribution in [1.29, 1.82) is 0 Å². The molecule has 150 valence electrons. The van der Waals surface area contributed by atoms with Crippen LogP contribution in [0.2, 0.25) is 0 Å². The molecule has 0 aliphatic heterocycles. The molecular formula is C21H24FNO5. The molecule has 28 heavy (non-hydrogen) atoms. The molecule has 0 saturated carbocycles. The van der Waals surface area contributed by atoms with E-state index in [0.29, 0.717) is 5.56 Å². The normalized spacial score (nSPS) is 11.9. The summed E-state index contributed by atoms with van der Waals surface area (Å²) in [6, 6.07) is 13.1. The van der Waals surface area contributed by atoms with Crippen LogP contribution in [0.1, 0.15) is 30.5 Å². The number of carbonyl (C=O) groups excluding carboxylic acids is 1. The molecule has 1 atom stereocenters. The average molecular weight is 389 g/mol. The average Bonchev–Trinajstić information content (AvgIpc) is 2.64. The van der Waals surface area contributed by atoms with Gasteiger partial charge in [0.05, 0.1) is 6.10 Å². The lowest BCUT2D eigenvalue weighted by Crippen LogP contribution is -2.29. The van der Waals surface area contributed by atoms with Crippen LogP contribution >= 0.6 is 0 Å². The lowest BCUT2D eigenvalue weighted by Gasteiger charge is -2.17. The van der Waals surface area contributed by atoms with Gasteiger partial charge in [-0.1, -0.05) is 36.4 Å². The summed E-state index contributed by atoms with van der Waals surface area (Å²) in [5.74, 6) is -1.41. The molecule has 6 nitrogen and oxygen atoms in total. The molecule has 1 unspecified atom stereocenters. The van der Waals surface area contributed by atoms with Gasteiger partial charge in [0, 0.05) is 13.0 Å². The van der Waals surface area contributed by atoms with E-state index in [9.17, 15) is 19.1 Å². The van der Waals surface area contributed by atoms with Gasteiger partial charge in [0.15, 0.2) is 6.10 Å². The molecule has 0 heterocycles. The van der Waals surface area contributed by atoms with Gasteiger partial charge in [-0.05, 0) is 42.7 Å². The Hall–Kier alpha value is -2.93. The van der Waals surface area contributed by atoms with Crippen molar-refractivity contribution < 1.29 is 28.6 Å². The van der Waals surface area contributed by atoms with Crippen LogP contribution in [0.3, 0.4) is 0 Å². The minimum atomic E-state index is -1.02. The summed E-state index contributed by atoms with van der Waals surface area (Å²) in [4.78, 5) is 23.2. The number of ether oxygens (including phenoxy) is 2. The molecule has 2 aromatic carbocycles. The molecule has 0 aliphatic carbocycles. The van der Waals surface area contributed by atoms with Crippen molar-refractivity contribution in [3.63, 3.8) is 0 Å². The second kappa shape index (κ2) is 10.4. The molecule has 0 spiro atoms. The van der Waals surface area contributed by atoms with E-state index >= 15 is 0 Å². The van der Waals surface area contributed by atoms with Crippen LogP contribution in [-0.2, 0) is 33.8 Å². The number of carboxylic acids is 1. The monoisotopic (exact) mass is 389 g/mol. The van der Waals surface area contributed by atoms with Crippen molar-refractivity contribution in [3.05, 3.63) is 71.0 Å². The quantitative estimate of drug-likeness (QED) is 0.684. The van der Waals surface area contributed by atoms with E-state index in [-0.39, 0.29) is 31.5 Å². The first kappa shape index (κ1) is 21.4. The van der Waals surface area contributed by atoms with E-state index in [2.05, 4.69) is 5.32 Å². The number of hydrogen-bond acceptors (Lipinski definition) is 4. The predicted molar refractivity (Wildman–Crippen MR) is 101 cm³/mol. The summed E-state index contributed by atoms with van der Waals surface area (Å²) < 4.78 is 23.6. The smallest absolute Gasteiger partial charge is 0.407 e. The molecule has 1 amide bonds. The van der Waals surface area contributed by atoms with Gasteiger partial charge >= 0.3 is 12.1 Å². The number of alkyl carbamates (subject to hydrolysis) is 1. The highest BCUT2D eigenvalue weighted by atomic mass is 19.1. The zero-order chi connectivity index (χ0) is 20.5. The third kappa shape index (κ3) is 7.36. The van der Waals surface area contributed by atoms with E-state index in [1.807, 2.05) is 18.2 Å². The maximum Gasteiger partial charge on any atom is 0.407 e. The second-order valence-corrected chi connectivity index (χ2v) is 6.60. The first-order chi connectivity index (χ1) is 13.3. The topological polar surface area (TPSA) is 84.9 Å². The standard InChI is InChI=1S/C21H24FNO5/c1-14(2)28-19(20(24)25)11-15-5-3-6-16(9-15)12-23-21(26)27-13-17-7-4-8-18(22)10-17/h3-10,14,19H,11-13H2,1-2H3,(H,23,26)(H,24,25).